The van der Waals surface area contributed by atoms with E-state index in [2.05, 4.69) is 6.58 Å². The second-order valence-electron chi connectivity index (χ2n) is 4.37. The van der Waals surface area contributed by atoms with Crippen molar-refractivity contribution in [3.8, 4) is 0 Å². The van der Waals surface area contributed by atoms with Crippen LogP contribution in [0.5, 0.6) is 0 Å². The molecular weight excluding hydrogens is 192 g/mol. The van der Waals surface area contributed by atoms with Crippen molar-refractivity contribution in [2.45, 2.75) is 32.1 Å². The largest absolute Gasteiger partial charge is 0.481 e. The van der Waals surface area contributed by atoms with Crippen molar-refractivity contribution in [2.75, 3.05) is 0 Å². The number of hydrogen-bond acceptors (Lipinski definition) is 2. The van der Waals surface area contributed by atoms with Gasteiger partial charge in [-0.2, -0.15) is 0 Å². The number of carboxylic acid groups (broad SMARTS) is 1. The Labute approximate surface area is 90.2 Å². The van der Waals surface area contributed by atoms with Gasteiger partial charge < -0.3 is 9.90 Å². The quantitative estimate of drug-likeness (QED) is 0.540. The zero-order chi connectivity index (χ0) is 11.3. The van der Waals surface area contributed by atoms with Crippen LogP contribution in [0.1, 0.15) is 32.1 Å². The molecule has 1 aliphatic rings. The van der Waals surface area contributed by atoms with E-state index in [9.17, 15) is 9.59 Å². The van der Waals surface area contributed by atoms with Crippen LogP contribution in [0.15, 0.2) is 12.7 Å². The molecule has 3 atom stereocenters. The van der Waals surface area contributed by atoms with E-state index in [4.69, 9.17) is 5.11 Å². The van der Waals surface area contributed by atoms with E-state index in [1.807, 2.05) is 0 Å². The van der Waals surface area contributed by atoms with Crippen LogP contribution in [0.25, 0.3) is 0 Å². The van der Waals surface area contributed by atoms with Crippen LogP contribution >= 0.6 is 0 Å². The van der Waals surface area contributed by atoms with Gasteiger partial charge in [0.15, 0.2) is 0 Å². The summed E-state index contributed by atoms with van der Waals surface area (Å²) in [6, 6.07) is 0. The van der Waals surface area contributed by atoms with Crippen molar-refractivity contribution in [2.24, 2.45) is 17.8 Å². The molecule has 0 aromatic carbocycles. The minimum Gasteiger partial charge on any atom is -0.481 e. The highest BCUT2D eigenvalue weighted by molar-refractivity contribution is 5.70. The number of carbonyl (C=O) groups is 2. The molecule has 3 heteroatoms. The number of rotatable bonds is 6. The Bertz CT molecular complexity index is 247. The van der Waals surface area contributed by atoms with Crippen LogP contribution in [0, 0.1) is 17.8 Å². The monoisotopic (exact) mass is 210 g/mol. The molecule has 0 radical (unpaired) electrons. The van der Waals surface area contributed by atoms with E-state index in [0.29, 0.717) is 18.8 Å². The van der Waals surface area contributed by atoms with Gasteiger partial charge in [-0.1, -0.05) is 6.08 Å². The Hall–Kier alpha value is -1.12. The van der Waals surface area contributed by atoms with E-state index in [1.165, 1.54) is 0 Å². The maximum atomic E-state index is 10.9. The van der Waals surface area contributed by atoms with Crippen LogP contribution in [0.2, 0.25) is 0 Å². The summed E-state index contributed by atoms with van der Waals surface area (Å²) in [4.78, 5) is 21.5. The van der Waals surface area contributed by atoms with Crippen LogP contribution in [-0.2, 0) is 9.59 Å². The standard InChI is InChI=1S/C12H18O3/c1-2-3-11(12(14)15)7-9-4-5-10(6-9)8-13/h2,8-11H,1,3-7H2,(H,14,15). The molecule has 0 aliphatic heterocycles. The van der Waals surface area contributed by atoms with Gasteiger partial charge in [0.05, 0.1) is 5.92 Å². The molecule has 0 spiro atoms. The van der Waals surface area contributed by atoms with E-state index in [1.54, 1.807) is 6.08 Å². The Kier molecular flexibility index (Phi) is 4.53. The fourth-order valence-corrected chi connectivity index (χ4v) is 2.35. The molecule has 1 saturated carbocycles. The van der Waals surface area contributed by atoms with Gasteiger partial charge in [0.25, 0.3) is 0 Å². The van der Waals surface area contributed by atoms with Crippen LogP contribution in [0.3, 0.4) is 0 Å². The molecule has 1 aliphatic carbocycles. The molecule has 0 saturated heterocycles. The molecule has 0 amide bonds. The molecule has 0 aromatic rings. The summed E-state index contributed by atoms with van der Waals surface area (Å²) < 4.78 is 0. The van der Waals surface area contributed by atoms with Crippen molar-refractivity contribution >= 4 is 12.3 Å². The van der Waals surface area contributed by atoms with Gasteiger partial charge in [0, 0.05) is 5.92 Å². The Balaban J connectivity index is 2.41. The first-order valence-corrected chi connectivity index (χ1v) is 5.46. The molecule has 0 heterocycles. The highest BCUT2D eigenvalue weighted by Crippen LogP contribution is 2.34. The minimum atomic E-state index is -0.746. The van der Waals surface area contributed by atoms with Gasteiger partial charge in [-0.3, -0.25) is 4.79 Å². The van der Waals surface area contributed by atoms with Gasteiger partial charge in [0.2, 0.25) is 0 Å². The third-order valence-corrected chi connectivity index (χ3v) is 3.19. The summed E-state index contributed by atoms with van der Waals surface area (Å²) >= 11 is 0. The Morgan fingerprint density at radius 2 is 2.27 bits per heavy atom. The first-order valence-electron chi connectivity index (χ1n) is 5.46. The summed E-state index contributed by atoms with van der Waals surface area (Å²) in [6.45, 7) is 3.57. The molecule has 1 N–H and O–H groups in total. The molecule has 15 heavy (non-hydrogen) atoms. The number of aldehydes is 1. The zero-order valence-electron chi connectivity index (χ0n) is 8.89. The van der Waals surface area contributed by atoms with Crippen molar-refractivity contribution in [1.29, 1.82) is 0 Å². The summed E-state index contributed by atoms with van der Waals surface area (Å²) in [6.07, 6.45) is 6.65. The van der Waals surface area contributed by atoms with E-state index in [-0.39, 0.29) is 11.8 Å². The normalized spacial score (nSPS) is 27.2. The Morgan fingerprint density at radius 1 is 1.53 bits per heavy atom. The van der Waals surface area contributed by atoms with Crippen molar-refractivity contribution < 1.29 is 14.7 Å². The second-order valence-corrected chi connectivity index (χ2v) is 4.37. The first-order chi connectivity index (χ1) is 7.17. The predicted octanol–water partition coefficient (Wildman–Crippen LogP) is 2.27. The van der Waals surface area contributed by atoms with E-state index in [0.717, 1.165) is 25.5 Å². The van der Waals surface area contributed by atoms with Crippen molar-refractivity contribution in [3.63, 3.8) is 0 Å². The van der Waals surface area contributed by atoms with Gasteiger partial charge in [-0.25, -0.2) is 0 Å². The zero-order valence-corrected chi connectivity index (χ0v) is 8.89. The third-order valence-electron chi connectivity index (χ3n) is 3.19. The maximum Gasteiger partial charge on any atom is 0.306 e. The molecular formula is C12H18O3. The molecule has 3 unspecified atom stereocenters. The lowest BCUT2D eigenvalue weighted by Crippen LogP contribution is -2.16. The second kappa shape index (κ2) is 5.69. The van der Waals surface area contributed by atoms with Gasteiger partial charge in [-0.15, -0.1) is 6.58 Å². The minimum absolute atomic E-state index is 0.160. The van der Waals surface area contributed by atoms with Gasteiger partial charge in [0.1, 0.15) is 6.29 Å². The fraction of sp³-hybridized carbons (Fsp3) is 0.667. The molecule has 1 rings (SSSR count). The highest BCUT2D eigenvalue weighted by atomic mass is 16.4. The summed E-state index contributed by atoms with van der Waals surface area (Å²) in [7, 11) is 0. The van der Waals surface area contributed by atoms with Crippen LogP contribution in [0.4, 0.5) is 0 Å². The fourth-order valence-electron chi connectivity index (χ4n) is 2.35. The molecule has 0 bridgehead atoms. The number of carboxylic acids is 1. The van der Waals surface area contributed by atoms with Crippen LogP contribution < -0.4 is 0 Å². The lowest BCUT2D eigenvalue weighted by molar-refractivity contribution is -0.142. The average molecular weight is 210 g/mol. The number of allylic oxidation sites excluding steroid dienone is 1. The average Bonchev–Trinajstić information content (AvgIpc) is 2.65. The third kappa shape index (κ3) is 3.50. The van der Waals surface area contributed by atoms with Gasteiger partial charge >= 0.3 is 5.97 Å². The van der Waals surface area contributed by atoms with Gasteiger partial charge in [-0.05, 0) is 38.0 Å². The topological polar surface area (TPSA) is 54.4 Å². The molecule has 84 valence electrons. The number of carbonyl (C=O) groups excluding carboxylic acids is 1. The first kappa shape index (κ1) is 12.0. The number of aliphatic carboxylic acids is 1. The maximum absolute atomic E-state index is 10.9. The van der Waals surface area contributed by atoms with E-state index < -0.39 is 5.97 Å². The summed E-state index contributed by atoms with van der Waals surface area (Å²) in [5.74, 6) is -0.503. The summed E-state index contributed by atoms with van der Waals surface area (Å²) in [5.41, 5.74) is 0. The number of hydrogen-bond donors (Lipinski definition) is 1. The lowest BCUT2D eigenvalue weighted by atomic mass is 9.90. The predicted molar refractivity (Wildman–Crippen MR) is 57.5 cm³/mol. The smallest absolute Gasteiger partial charge is 0.306 e. The molecule has 3 nitrogen and oxygen atoms in total. The van der Waals surface area contributed by atoms with Crippen molar-refractivity contribution in [1.82, 2.24) is 0 Å². The van der Waals surface area contributed by atoms with Crippen molar-refractivity contribution in [3.05, 3.63) is 12.7 Å². The highest BCUT2D eigenvalue weighted by Gasteiger charge is 2.28. The SMILES string of the molecule is C=CCC(CC1CCC(C=O)C1)C(=O)O. The molecule has 0 aromatic heterocycles. The van der Waals surface area contributed by atoms with Crippen LogP contribution in [-0.4, -0.2) is 17.4 Å². The Morgan fingerprint density at radius 3 is 2.73 bits per heavy atom. The molecule has 1 fully saturated rings. The summed E-state index contributed by atoms with van der Waals surface area (Å²) in [5, 5.41) is 8.97. The van der Waals surface area contributed by atoms with E-state index >= 15 is 0 Å². The lowest BCUT2D eigenvalue weighted by Gasteiger charge is -2.14.